The molecule has 6 nitrogen and oxygen atoms in total. The van der Waals surface area contributed by atoms with Crippen LogP contribution in [0.2, 0.25) is 5.02 Å². The van der Waals surface area contributed by atoms with E-state index in [1.165, 1.54) is 37.4 Å². The highest BCUT2D eigenvalue weighted by atomic mass is 35.5. The van der Waals surface area contributed by atoms with E-state index in [-0.39, 0.29) is 12.1 Å². The van der Waals surface area contributed by atoms with E-state index in [0.29, 0.717) is 11.4 Å². The quantitative estimate of drug-likeness (QED) is 0.652. The molecule has 0 aromatic heterocycles. The fourth-order valence-corrected chi connectivity index (χ4v) is 3.19. The monoisotopic (exact) mass is 464 g/mol. The molecule has 0 heterocycles. The molecule has 1 N–H and O–H groups in total. The zero-order valence-corrected chi connectivity index (χ0v) is 17.9. The lowest BCUT2D eigenvalue weighted by Crippen LogP contribution is -2.32. The van der Waals surface area contributed by atoms with Gasteiger partial charge in [-0.15, -0.1) is 0 Å². The molecule has 30 heavy (non-hydrogen) atoms. The van der Waals surface area contributed by atoms with Crippen LogP contribution in [0.25, 0.3) is 0 Å². The van der Waals surface area contributed by atoms with Crippen molar-refractivity contribution in [1.29, 1.82) is 0 Å². The average molecular weight is 465 g/mol. The van der Waals surface area contributed by atoms with E-state index in [0.717, 1.165) is 22.7 Å². The second kappa shape index (κ2) is 9.13. The second-order valence-electron chi connectivity index (χ2n) is 6.42. The van der Waals surface area contributed by atoms with Gasteiger partial charge in [0.2, 0.25) is 10.0 Å². The Morgan fingerprint density at radius 1 is 1.20 bits per heavy atom. The maximum atomic E-state index is 13.0. The number of anilines is 2. The van der Waals surface area contributed by atoms with Crippen LogP contribution in [-0.2, 0) is 21.0 Å². The van der Waals surface area contributed by atoms with Crippen molar-refractivity contribution >= 4 is 38.9 Å². The number of nitrogens with one attached hydrogen (secondary N) is 1. The molecule has 2 aromatic carbocycles. The number of hydrogen-bond donors (Lipinski definition) is 1. The van der Waals surface area contributed by atoms with Crippen molar-refractivity contribution in [2.75, 3.05) is 22.9 Å². The number of alkyl halides is 3. The molecule has 1 amide bonds. The summed E-state index contributed by atoms with van der Waals surface area (Å²) in [7, 11) is -2.03. The SMILES string of the molecule is CCC(Oc1ccc(N(C)S(C)(=O)=O)cc1)C(=O)Nc1ccc(Cl)c(C(F)(F)F)c1. The van der Waals surface area contributed by atoms with Gasteiger partial charge in [0, 0.05) is 12.7 Å². The van der Waals surface area contributed by atoms with Crippen LogP contribution in [0, 0.1) is 0 Å². The number of halogens is 4. The highest BCUT2D eigenvalue weighted by Crippen LogP contribution is 2.36. The zero-order valence-electron chi connectivity index (χ0n) is 16.3. The van der Waals surface area contributed by atoms with Gasteiger partial charge in [0.1, 0.15) is 5.75 Å². The third-order valence-corrected chi connectivity index (χ3v) is 5.71. The van der Waals surface area contributed by atoms with Gasteiger partial charge in [-0.25, -0.2) is 8.42 Å². The van der Waals surface area contributed by atoms with Crippen molar-refractivity contribution in [1.82, 2.24) is 0 Å². The second-order valence-corrected chi connectivity index (χ2v) is 8.84. The van der Waals surface area contributed by atoms with Crippen molar-refractivity contribution in [3.05, 3.63) is 53.1 Å². The summed E-state index contributed by atoms with van der Waals surface area (Å²) < 4.78 is 68.8. The van der Waals surface area contributed by atoms with E-state index in [1.807, 2.05) is 0 Å². The summed E-state index contributed by atoms with van der Waals surface area (Å²) in [6, 6.07) is 9.08. The van der Waals surface area contributed by atoms with Crippen LogP contribution in [0.1, 0.15) is 18.9 Å². The molecule has 11 heteroatoms. The molecule has 0 fully saturated rings. The Morgan fingerprint density at radius 2 is 1.80 bits per heavy atom. The minimum atomic E-state index is -4.65. The van der Waals surface area contributed by atoms with Crippen LogP contribution in [0.3, 0.4) is 0 Å². The number of rotatable bonds is 7. The van der Waals surface area contributed by atoms with Gasteiger partial charge < -0.3 is 10.1 Å². The number of carbonyl (C=O) groups excluding carboxylic acids is 1. The molecule has 0 aliphatic carbocycles. The van der Waals surface area contributed by atoms with Crippen molar-refractivity contribution in [2.24, 2.45) is 0 Å². The Kier molecular flexibility index (Phi) is 7.25. The molecule has 164 valence electrons. The van der Waals surface area contributed by atoms with Crippen molar-refractivity contribution in [3.8, 4) is 5.75 Å². The predicted molar refractivity (Wildman–Crippen MR) is 109 cm³/mol. The van der Waals surface area contributed by atoms with Crippen LogP contribution >= 0.6 is 11.6 Å². The Labute approximate surface area is 177 Å². The zero-order chi connectivity index (χ0) is 22.7. The van der Waals surface area contributed by atoms with Crippen molar-refractivity contribution in [3.63, 3.8) is 0 Å². The molecule has 0 spiro atoms. The fourth-order valence-electron chi connectivity index (χ4n) is 2.46. The van der Waals surface area contributed by atoms with Gasteiger partial charge in [-0.05, 0) is 48.9 Å². The number of amides is 1. The minimum Gasteiger partial charge on any atom is -0.481 e. The predicted octanol–water partition coefficient (Wildman–Crippen LogP) is 4.55. The van der Waals surface area contributed by atoms with E-state index >= 15 is 0 Å². The standard InChI is InChI=1S/C19H20ClF3N2O4S/c1-4-17(29-14-8-6-13(7-9-14)25(2)30(3,27)28)18(26)24-12-5-10-16(20)15(11-12)19(21,22)23/h5-11,17H,4H2,1-3H3,(H,24,26). The van der Waals surface area contributed by atoms with Gasteiger partial charge in [0.25, 0.3) is 5.91 Å². The van der Waals surface area contributed by atoms with E-state index in [2.05, 4.69) is 5.32 Å². The Morgan fingerprint density at radius 3 is 2.30 bits per heavy atom. The topological polar surface area (TPSA) is 75.7 Å². The van der Waals surface area contributed by atoms with Gasteiger partial charge in [-0.2, -0.15) is 13.2 Å². The van der Waals surface area contributed by atoms with Crippen LogP contribution in [0.15, 0.2) is 42.5 Å². The number of hydrogen-bond acceptors (Lipinski definition) is 4. The summed E-state index contributed by atoms with van der Waals surface area (Å²) in [4.78, 5) is 12.5. The van der Waals surface area contributed by atoms with E-state index in [4.69, 9.17) is 16.3 Å². The van der Waals surface area contributed by atoms with Crippen LogP contribution in [-0.4, -0.2) is 33.7 Å². The molecule has 1 unspecified atom stereocenters. The maximum absolute atomic E-state index is 13.0. The molecule has 0 bridgehead atoms. The molecule has 2 rings (SSSR count). The molecule has 0 aliphatic rings. The summed E-state index contributed by atoms with van der Waals surface area (Å²) in [5.74, 6) is -0.333. The van der Waals surface area contributed by atoms with Gasteiger partial charge in [0.05, 0.1) is 22.5 Å². The Hall–Kier alpha value is -2.46. The van der Waals surface area contributed by atoms with E-state index in [9.17, 15) is 26.4 Å². The van der Waals surface area contributed by atoms with E-state index in [1.54, 1.807) is 6.92 Å². The summed E-state index contributed by atoms with van der Waals surface area (Å²) in [6.07, 6.45) is -4.32. The average Bonchev–Trinajstić information content (AvgIpc) is 2.65. The highest BCUT2D eigenvalue weighted by Gasteiger charge is 2.33. The lowest BCUT2D eigenvalue weighted by molar-refractivity contribution is -0.137. The van der Waals surface area contributed by atoms with Gasteiger partial charge in [-0.1, -0.05) is 18.5 Å². The van der Waals surface area contributed by atoms with Crippen molar-refractivity contribution < 1.29 is 31.1 Å². The Balaban J connectivity index is 2.12. The van der Waals surface area contributed by atoms with Gasteiger partial charge in [-0.3, -0.25) is 9.10 Å². The lowest BCUT2D eigenvalue weighted by atomic mass is 10.1. The van der Waals surface area contributed by atoms with E-state index < -0.39 is 38.8 Å². The summed E-state index contributed by atoms with van der Waals surface area (Å²) in [5.41, 5.74) is -0.714. The number of nitrogens with zero attached hydrogens (tertiary/aromatic N) is 1. The normalized spacial score (nSPS) is 12.9. The third-order valence-electron chi connectivity index (χ3n) is 4.18. The summed E-state index contributed by atoms with van der Waals surface area (Å²) in [5, 5.41) is 1.92. The molecular formula is C19H20ClF3N2O4S. The first-order chi connectivity index (χ1) is 13.8. The molecule has 0 saturated carbocycles. The first-order valence-corrected chi connectivity index (χ1v) is 10.9. The minimum absolute atomic E-state index is 0.0658. The number of carbonyl (C=O) groups is 1. The number of ether oxygens (including phenoxy) is 1. The number of sulfonamides is 1. The fraction of sp³-hybridized carbons (Fsp3) is 0.316. The van der Waals surface area contributed by atoms with Crippen molar-refractivity contribution in [2.45, 2.75) is 25.6 Å². The maximum Gasteiger partial charge on any atom is 0.417 e. The summed E-state index contributed by atoms with van der Waals surface area (Å²) in [6.45, 7) is 1.68. The number of benzene rings is 2. The van der Waals surface area contributed by atoms with Crippen LogP contribution in [0.5, 0.6) is 5.75 Å². The Bertz CT molecular complexity index is 1010. The summed E-state index contributed by atoms with van der Waals surface area (Å²) >= 11 is 5.58. The van der Waals surface area contributed by atoms with Gasteiger partial charge in [0.15, 0.2) is 6.10 Å². The first-order valence-electron chi connectivity index (χ1n) is 8.71. The molecule has 0 radical (unpaired) electrons. The molecule has 0 saturated heterocycles. The molecular weight excluding hydrogens is 445 g/mol. The largest absolute Gasteiger partial charge is 0.481 e. The van der Waals surface area contributed by atoms with Crippen LogP contribution in [0.4, 0.5) is 24.5 Å². The third kappa shape index (κ3) is 6.02. The van der Waals surface area contributed by atoms with Gasteiger partial charge >= 0.3 is 6.18 Å². The van der Waals surface area contributed by atoms with Crippen LogP contribution < -0.4 is 14.4 Å². The smallest absolute Gasteiger partial charge is 0.417 e. The first kappa shape index (κ1) is 23.8. The highest BCUT2D eigenvalue weighted by molar-refractivity contribution is 7.92. The molecule has 1 atom stereocenters. The molecule has 0 aliphatic heterocycles. The molecule has 2 aromatic rings. The lowest BCUT2D eigenvalue weighted by Gasteiger charge is -2.20.